The highest BCUT2D eigenvalue weighted by molar-refractivity contribution is 7.99. The summed E-state index contributed by atoms with van der Waals surface area (Å²) in [5.41, 5.74) is 0.378. The zero-order chi connectivity index (χ0) is 15.0. The van der Waals surface area contributed by atoms with Gasteiger partial charge in [-0.3, -0.25) is 9.69 Å². The lowest BCUT2D eigenvalue weighted by Crippen LogP contribution is -2.35. The molecular weight excluding hydrogens is 286 g/mol. The van der Waals surface area contributed by atoms with Crippen LogP contribution in [-0.4, -0.2) is 47.9 Å². The van der Waals surface area contributed by atoms with E-state index >= 15 is 0 Å². The molecule has 0 saturated heterocycles. The molecule has 1 amide bonds. The number of halogens is 2. The fourth-order valence-corrected chi connectivity index (χ4v) is 2.25. The van der Waals surface area contributed by atoms with Gasteiger partial charge in [-0.05, 0) is 18.7 Å². The molecule has 112 valence electrons. The lowest BCUT2D eigenvalue weighted by molar-refractivity contribution is -0.117. The van der Waals surface area contributed by atoms with Crippen LogP contribution in [0.2, 0.25) is 0 Å². The maximum absolute atomic E-state index is 12.4. The van der Waals surface area contributed by atoms with Crippen LogP contribution >= 0.6 is 11.8 Å². The molecule has 0 spiro atoms. The molecule has 20 heavy (non-hydrogen) atoms. The summed E-state index contributed by atoms with van der Waals surface area (Å²) in [6, 6.07) is 6.45. The van der Waals surface area contributed by atoms with Crippen molar-refractivity contribution in [2.75, 3.05) is 31.6 Å². The maximum Gasteiger partial charge on any atom is 0.288 e. The summed E-state index contributed by atoms with van der Waals surface area (Å²) in [6.45, 7) is 2.99. The third-order valence-electron chi connectivity index (χ3n) is 2.61. The number of benzene rings is 1. The number of hydrogen-bond donors (Lipinski definition) is 2. The van der Waals surface area contributed by atoms with Crippen molar-refractivity contribution in [3.63, 3.8) is 0 Å². The van der Waals surface area contributed by atoms with Crippen molar-refractivity contribution in [1.29, 1.82) is 0 Å². The van der Waals surface area contributed by atoms with E-state index in [0.717, 1.165) is 0 Å². The number of carbonyl (C=O) groups is 1. The van der Waals surface area contributed by atoms with Crippen LogP contribution in [0.4, 0.5) is 14.5 Å². The van der Waals surface area contributed by atoms with Crippen LogP contribution in [0.1, 0.15) is 6.92 Å². The van der Waals surface area contributed by atoms with E-state index in [4.69, 9.17) is 5.11 Å². The highest BCUT2D eigenvalue weighted by Crippen LogP contribution is 2.31. The minimum Gasteiger partial charge on any atom is -0.395 e. The number of carbonyl (C=O) groups excluding carboxylic acids is 1. The van der Waals surface area contributed by atoms with Gasteiger partial charge in [0.05, 0.1) is 18.8 Å². The molecule has 0 atom stereocenters. The van der Waals surface area contributed by atoms with Gasteiger partial charge in [0, 0.05) is 11.4 Å². The summed E-state index contributed by atoms with van der Waals surface area (Å²) >= 11 is 0.400. The van der Waals surface area contributed by atoms with Crippen LogP contribution in [-0.2, 0) is 4.79 Å². The summed E-state index contributed by atoms with van der Waals surface area (Å²) < 4.78 is 24.8. The lowest BCUT2D eigenvalue weighted by atomic mass is 10.3. The van der Waals surface area contributed by atoms with E-state index in [-0.39, 0.29) is 19.1 Å². The standard InChI is InChI=1S/C13H18F2N2O2S/c1-2-17(7-8-18)9-12(19)16-10-5-3-4-6-11(10)20-13(14)15/h3-6,13,18H,2,7-9H2,1H3,(H,16,19). The highest BCUT2D eigenvalue weighted by atomic mass is 32.2. The molecule has 4 nitrogen and oxygen atoms in total. The highest BCUT2D eigenvalue weighted by Gasteiger charge is 2.13. The quantitative estimate of drug-likeness (QED) is 0.723. The molecule has 1 aromatic rings. The molecule has 0 aliphatic heterocycles. The van der Waals surface area contributed by atoms with Gasteiger partial charge in [-0.2, -0.15) is 8.78 Å². The van der Waals surface area contributed by atoms with Gasteiger partial charge in [0.15, 0.2) is 0 Å². The molecule has 7 heteroatoms. The molecule has 1 aromatic carbocycles. The van der Waals surface area contributed by atoms with Crippen LogP contribution in [0.25, 0.3) is 0 Å². The van der Waals surface area contributed by atoms with Gasteiger partial charge in [-0.25, -0.2) is 0 Å². The number of para-hydroxylation sites is 1. The third-order valence-corrected chi connectivity index (χ3v) is 3.40. The number of likely N-dealkylation sites (N-methyl/N-ethyl adjacent to an activating group) is 1. The average Bonchev–Trinajstić information content (AvgIpc) is 2.40. The Hall–Kier alpha value is -1.18. The monoisotopic (exact) mass is 304 g/mol. The number of alkyl halides is 2. The summed E-state index contributed by atoms with van der Waals surface area (Å²) in [5.74, 6) is -2.82. The van der Waals surface area contributed by atoms with Crippen LogP contribution in [0.3, 0.4) is 0 Å². The first-order valence-electron chi connectivity index (χ1n) is 6.23. The van der Waals surface area contributed by atoms with Crippen molar-refractivity contribution in [2.45, 2.75) is 17.6 Å². The van der Waals surface area contributed by atoms with Gasteiger partial charge < -0.3 is 10.4 Å². The Balaban J connectivity index is 2.65. The van der Waals surface area contributed by atoms with Crippen molar-refractivity contribution in [1.82, 2.24) is 4.90 Å². The first kappa shape index (κ1) is 16.9. The fourth-order valence-electron chi connectivity index (χ4n) is 1.65. The zero-order valence-corrected chi connectivity index (χ0v) is 12.0. The van der Waals surface area contributed by atoms with E-state index in [1.807, 2.05) is 6.92 Å². The number of thioether (sulfide) groups is 1. The van der Waals surface area contributed by atoms with Crippen LogP contribution in [0.5, 0.6) is 0 Å². The Morgan fingerprint density at radius 2 is 2.15 bits per heavy atom. The van der Waals surface area contributed by atoms with E-state index in [0.29, 0.717) is 35.4 Å². The number of nitrogens with one attached hydrogen (secondary N) is 1. The molecule has 1 rings (SSSR count). The van der Waals surface area contributed by atoms with Gasteiger partial charge in [-0.15, -0.1) is 0 Å². The summed E-state index contributed by atoms with van der Waals surface area (Å²) in [7, 11) is 0. The predicted molar refractivity (Wildman–Crippen MR) is 76.1 cm³/mol. The van der Waals surface area contributed by atoms with Gasteiger partial charge in [0.25, 0.3) is 5.76 Å². The lowest BCUT2D eigenvalue weighted by Gasteiger charge is -2.19. The molecule has 0 bridgehead atoms. The predicted octanol–water partition coefficient (Wildman–Crippen LogP) is 2.25. The number of rotatable bonds is 8. The van der Waals surface area contributed by atoms with E-state index < -0.39 is 5.76 Å². The van der Waals surface area contributed by atoms with Gasteiger partial charge in [0.1, 0.15) is 0 Å². The Morgan fingerprint density at radius 1 is 1.45 bits per heavy atom. The zero-order valence-electron chi connectivity index (χ0n) is 11.2. The van der Waals surface area contributed by atoms with E-state index in [9.17, 15) is 13.6 Å². The maximum atomic E-state index is 12.4. The molecule has 0 aliphatic rings. The Kier molecular flexibility index (Phi) is 7.50. The smallest absolute Gasteiger partial charge is 0.288 e. The molecular formula is C13H18F2N2O2S. The van der Waals surface area contributed by atoms with Gasteiger partial charge in [0.2, 0.25) is 5.91 Å². The van der Waals surface area contributed by atoms with E-state index in [2.05, 4.69) is 5.32 Å². The largest absolute Gasteiger partial charge is 0.395 e. The SMILES string of the molecule is CCN(CCO)CC(=O)Nc1ccccc1SC(F)F. The second-order valence-corrected chi connectivity index (χ2v) is 5.05. The molecule has 2 N–H and O–H groups in total. The van der Waals surface area contributed by atoms with Crippen LogP contribution in [0.15, 0.2) is 29.2 Å². The molecule has 0 saturated carbocycles. The van der Waals surface area contributed by atoms with Gasteiger partial charge in [-0.1, -0.05) is 30.8 Å². The number of amides is 1. The first-order chi connectivity index (χ1) is 9.56. The summed E-state index contributed by atoms with van der Waals surface area (Å²) in [4.78, 5) is 14.0. The number of aliphatic hydroxyl groups excluding tert-OH is 1. The minimum absolute atomic E-state index is 0.0288. The van der Waals surface area contributed by atoms with E-state index in [1.165, 1.54) is 6.07 Å². The molecule has 0 fully saturated rings. The van der Waals surface area contributed by atoms with Crippen LogP contribution in [0, 0.1) is 0 Å². The molecule has 0 aromatic heterocycles. The van der Waals surface area contributed by atoms with Crippen molar-refractivity contribution in [2.24, 2.45) is 0 Å². The Morgan fingerprint density at radius 3 is 2.75 bits per heavy atom. The summed E-state index contributed by atoms with van der Waals surface area (Å²) in [5, 5.41) is 11.5. The molecule has 0 unspecified atom stereocenters. The topological polar surface area (TPSA) is 52.6 Å². The Bertz CT molecular complexity index is 433. The number of nitrogens with zero attached hydrogens (tertiary/aromatic N) is 1. The Labute approximate surface area is 121 Å². The minimum atomic E-state index is -2.53. The molecule has 0 heterocycles. The normalized spacial score (nSPS) is 11.1. The van der Waals surface area contributed by atoms with Crippen molar-refractivity contribution >= 4 is 23.4 Å². The summed E-state index contributed by atoms with van der Waals surface area (Å²) in [6.07, 6.45) is 0. The van der Waals surface area contributed by atoms with Gasteiger partial charge >= 0.3 is 0 Å². The third kappa shape index (κ3) is 5.85. The fraction of sp³-hybridized carbons (Fsp3) is 0.462. The van der Waals surface area contributed by atoms with Crippen molar-refractivity contribution < 1.29 is 18.7 Å². The number of anilines is 1. The number of aliphatic hydroxyl groups is 1. The molecule has 0 aliphatic carbocycles. The second kappa shape index (κ2) is 8.89. The van der Waals surface area contributed by atoms with E-state index in [1.54, 1.807) is 23.1 Å². The average molecular weight is 304 g/mol. The molecule has 0 radical (unpaired) electrons. The number of hydrogen-bond acceptors (Lipinski definition) is 4. The van der Waals surface area contributed by atoms with Crippen molar-refractivity contribution in [3.05, 3.63) is 24.3 Å². The first-order valence-corrected chi connectivity index (χ1v) is 7.11. The second-order valence-electron chi connectivity index (χ2n) is 4.02. The van der Waals surface area contributed by atoms with Crippen LogP contribution < -0.4 is 5.32 Å². The van der Waals surface area contributed by atoms with Crippen molar-refractivity contribution in [3.8, 4) is 0 Å².